The van der Waals surface area contributed by atoms with Gasteiger partial charge in [0.25, 0.3) is 0 Å². The number of aryl methyl sites for hydroxylation is 1. The van der Waals surface area contributed by atoms with Gasteiger partial charge in [-0.2, -0.15) is 0 Å². The van der Waals surface area contributed by atoms with Crippen molar-refractivity contribution >= 4 is 34.5 Å². The summed E-state index contributed by atoms with van der Waals surface area (Å²) < 4.78 is 0. The average molecular weight is 297 g/mol. The fourth-order valence-electron chi connectivity index (χ4n) is 2.78. The van der Waals surface area contributed by atoms with Gasteiger partial charge in [0.1, 0.15) is 0 Å². The molecule has 0 N–H and O–H groups in total. The van der Waals surface area contributed by atoms with E-state index in [0.29, 0.717) is 5.92 Å². The van der Waals surface area contributed by atoms with Crippen LogP contribution in [0.4, 0.5) is 0 Å². The Labute approximate surface area is 122 Å². The van der Waals surface area contributed by atoms with Crippen molar-refractivity contribution in [3.8, 4) is 0 Å². The maximum Gasteiger partial charge on any atom is 0.0761 e. The highest BCUT2D eigenvalue weighted by molar-refractivity contribution is 7.11. The molecule has 0 spiro atoms. The molecule has 0 amide bonds. The molecule has 0 aliphatic heterocycles. The predicted octanol–water partition coefficient (Wildman–Crippen LogP) is 5.80. The largest absolute Gasteiger partial charge is 0.146 e. The van der Waals surface area contributed by atoms with E-state index in [1.165, 1.54) is 24.0 Å². The normalized spacial score (nSPS) is 20.4. The first-order valence-corrected chi connectivity index (χ1v) is 7.91. The smallest absolute Gasteiger partial charge is 0.0761 e. The highest BCUT2D eigenvalue weighted by atomic mass is 35.5. The van der Waals surface area contributed by atoms with E-state index >= 15 is 0 Å². The summed E-state index contributed by atoms with van der Waals surface area (Å²) in [6, 6.07) is 10.6. The zero-order valence-corrected chi connectivity index (χ0v) is 12.2. The first-order valence-electron chi connectivity index (χ1n) is 6.22. The topological polar surface area (TPSA) is 0 Å². The lowest BCUT2D eigenvalue weighted by Gasteiger charge is -2.28. The average Bonchev–Trinajstić information content (AvgIpc) is 2.83. The van der Waals surface area contributed by atoms with Crippen molar-refractivity contribution in [3.05, 3.63) is 56.7 Å². The fourth-order valence-corrected chi connectivity index (χ4v) is 4.58. The van der Waals surface area contributed by atoms with Gasteiger partial charge in [-0.15, -0.1) is 22.9 Å². The molecule has 0 saturated carbocycles. The molecule has 1 heterocycles. The van der Waals surface area contributed by atoms with Gasteiger partial charge in [0.2, 0.25) is 0 Å². The van der Waals surface area contributed by atoms with Crippen LogP contribution in [-0.4, -0.2) is 0 Å². The summed E-state index contributed by atoms with van der Waals surface area (Å²) in [5.74, 6) is 0.396. The van der Waals surface area contributed by atoms with E-state index in [-0.39, 0.29) is 5.38 Å². The molecule has 1 aliphatic rings. The van der Waals surface area contributed by atoms with Gasteiger partial charge < -0.3 is 0 Å². The molecule has 3 rings (SSSR count). The third-order valence-corrected chi connectivity index (χ3v) is 5.76. The molecule has 0 radical (unpaired) electrons. The minimum Gasteiger partial charge on any atom is -0.146 e. The van der Waals surface area contributed by atoms with Crippen LogP contribution in [0, 0.1) is 0 Å². The second-order valence-electron chi connectivity index (χ2n) is 4.73. The molecule has 2 aromatic rings. The van der Waals surface area contributed by atoms with Gasteiger partial charge in [-0.05, 0) is 41.8 Å². The lowest BCUT2D eigenvalue weighted by atomic mass is 9.80. The van der Waals surface area contributed by atoms with Gasteiger partial charge >= 0.3 is 0 Å². The Morgan fingerprint density at radius 1 is 1.22 bits per heavy atom. The van der Waals surface area contributed by atoms with Crippen LogP contribution in [-0.2, 0) is 6.42 Å². The standard InChI is InChI=1S/C15H14Cl2S/c16-13-8-9-18-15(13)14(17)12-7-3-5-10-4-1-2-6-11(10)12/h1-2,4,6,8-9,12,14H,3,5,7H2. The van der Waals surface area contributed by atoms with Crippen LogP contribution >= 0.6 is 34.5 Å². The first-order chi connectivity index (χ1) is 8.77. The van der Waals surface area contributed by atoms with E-state index in [1.54, 1.807) is 11.3 Å². The molecule has 1 aliphatic carbocycles. The van der Waals surface area contributed by atoms with E-state index in [9.17, 15) is 0 Å². The Balaban J connectivity index is 1.97. The first kappa shape index (κ1) is 12.5. The number of benzene rings is 1. The van der Waals surface area contributed by atoms with Gasteiger partial charge in [-0.25, -0.2) is 0 Å². The Morgan fingerprint density at radius 3 is 2.83 bits per heavy atom. The summed E-state index contributed by atoms with van der Waals surface area (Å²) in [4.78, 5) is 1.11. The lowest BCUT2D eigenvalue weighted by molar-refractivity contribution is 0.542. The molecule has 1 aromatic carbocycles. The van der Waals surface area contributed by atoms with Gasteiger partial charge in [0.15, 0.2) is 0 Å². The fraction of sp³-hybridized carbons (Fsp3) is 0.333. The van der Waals surface area contributed by atoms with Crippen molar-refractivity contribution in [2.24, 2.45) is 0 Å². The van der Waals surface area contributed by atoms with Gasteiger partial charge in [-0.3, -0.25) is 0 Å². The summed E-state index contributed by atoms with van der Waals surface area (Å²) in [5, 5.41) is 2.82. The third-order valence-electron chi connectivity index (χ3n) is 3.66. The van der Waals surface area contributed by atoms with Crippen LogP contribution in [0.5, 0.6) is 0 Å². The van der Waals surface area contributed by atoms with Gasteiger partial charge in [0, 0.05) is 10.8 Å². The molecule has 0 nitrogen and oxygen atoms in total. The number of fused-ring (bicyclic) bond motifs is 1. The van der Waals surface area contributed by atoms with Crippen LogP contribution in [0.2, 0.25) is 5.02 Å². The third kappa shape index (κ3) is 2.20. The number of alkyl halides is 1. The quantitative estimate of drug-likeness (QED) is 0.614. The minimum absolute atomic E-state index is 0.000972. The van der Waals surface area contributed by atoms with E-state index in [0.717, 1.165) is 16.3 Å². The van der Waals surface area contributed by atoms with Crippen LogP contribution < -0.4 is 0 Å². The second-order valence-corrected chi connectivity index (χ2v) is 6.56. The molecular formula is C15H14Cl2S. The van der Waals surface area contributed by atoms with Crippen LogP contribution in [0.1, 0.15) is 40.1 Å². The SMILES string of the molecule is Clc1ccsc1C(Cl)C1CCCc2ccccc21. The van der Waals surface area contributed by atoms with E-state index in [1.807, 2.05) is 11.4 Å². The molecule has 0 saturated heterocycles. The predicted molar refractivity (Wildman–Crippen MR) is 80.0 cm³/mol. The maximum atomic E-state index is 6.69. The van der Waals surface area contributed by atoms with E-state index in [4.69, 9.17) is 23.2 Å². The van der Waals surface area contributed by atoms with Crippen molar-refractivity contribution in [1.29, 1.82) is 0 Å². The Kier molecular flexibility index (Phi) is 3.65. The number of rotatable bonds is 2. The van der Waals surface area contributed by atoms with E-state index in [2.05, 4.69) is 24.3 Å². The van der Waals surface area contributed by atoms with Crippen molar-refractivity contribution in [1.82, 2.24) is 0 Å². The number of hydrogen-bond acceptors (Lipinski definition) is 1. The van der Waals surface area contributed by atoms with Crippen LogP contribution in [0.15, 0.2) is 35.7 Å². The molecule has 0 bridgehead atoms. The minimum atomic E-state index is -0.000972. The van der Waals surface area contributed by atoms with Crippen LogP contribution in [0.3, 0.4) is 0 Å². The Morgan fingerprint density at radius 2 is 2.06 bits per heavy atom. The molecule has 2 unspecified atom stereocenters. The van der Waals surface area contributed by atoms with Crippen LogP contribution in [0.25, 0.3) is 0 Å². The Hall–Kier alpha value is -0.500. The van der Waals surface area contributed by atoms with E-state index < -0.39 is 0 Å². The molecule has 0 fully saturated rings. The summed E-state index contributed by atoms with van der Waals surface area (Å²) in [6.07, 6.45) is 3.54. The summed E-state index contributed by atoms with van der Waals surface area (Å²) in [5.41, 5.74) is 2.86. The zero-order valence-electron chi connectivity index (χ0n) is 9.90. The number of halogens is 2. The number of hydrogen-bond donors (Lipinski definition) is 0. The molecule has 1 aromatic heterocycles. The highest BCUT2D eigenvalue weighted by Crippen LogP contribution is 2.47. The van der Waals surface area contributed by atoms with Crippen molar-refractivity contribution in [2.45, 2.75) is 30.6 Å². The monoisotopic (exact) mass is 296 g/mol. The van der Waals surface area contributed by atoms with Gasteiger partial charge in [-0.1, -0.05) is 35.9 Å². The summed E-state index contributed by atoms with van der Waals surface area (Å²) >= 11 is 14.6. The molecular weight excluding hydrogens is 283 g/mol. The lowest BCUT2D eigenvalue weighted by Crippen LogP contribution is -2.13. The molecule has 94 valence electrons. The van der Waals surface area contributed by atoms with Crippen molar-refractivity contribution in [3.63, 3.8) is 0 Å². The molecule has 2 atom stereocenters. The molecule has 18 heavy (non-hydrogen) atoms. The summed E-state index contributed by atoms with van der Waals surface area (Å²) in [7, 11) is 0. The maximum absolute atomic E-state index is 6.69. The summed E-state index contributed by atoms with van der Waals surface area (Å²) in [6.45, 7) is 0. The van der Waals surface area contributed by atoms with Gasteiger partial charge in [0.05, 0.1) is 10.4 Å². The second kappa shape index (κ2) is 5.24. The van der Waals surface area contributed by atoms with Crippen molar-refractivity contribution < 1.29 is 0 Å². The Bertz CT molecular complexity index is 547. The highest BCUT2D eigenvalue weighted by Gasteiger charge is 2.29. The molecule has 3 heteroatoms. The number of thiophene rings is 1. The zero-order chi connectivity index (χ0) is 12.5. The van der Waals surface area contributed by atoms with Crippen molar-refractivity contribution in [2.75, 3.05) is 0 Å².